The number of aromatic nitrogens is 1. The minimum Gasteiger partial charge on any atom is -0.480 e. The van der Waals surface area contributed by atoms with Crippen LogP contribution in [0.3, 0.4) is 0 Å². The molecule has 0 aromatic carbocycles. The fourth-order valence-electron chi connectivity index (χ4n) is 1.97. The molecule has 0 radical (unpaired) electrons. The second-order valence-corrected chi connectivity index (χ2v) is 5.97. The number of carboxylic acids is 2. The third-order valence-corrected chi connectivity index (χ3v) is 3.58. The van der Waals surface area contributed by atoms with Gasteiger partial charge in [-0.2, -0.15) is 5.06 Å². The zero-order valence-electron chi connectivity index (χ0n) is 17.3. The van der Waals surface area contributed by atoms with Crippen LogP contribution in [0.1, 0.15) is 31.9 Å². The van der Waals surface area contributed by atoms with Gasteiger partial charge in [-0.05, 0) is 18.6 Å². The van der Waals surface area contributed by atoms with E-state index in [0.29, 0.717) is 10.8 Å². The molecule has 0 aliphatic carbocycles. The van der Waals surface area contributed by atoms with Crippen molar-refractivity contribution >= 4 is 35.3 Å². The van der Waals surface area contributed by atoms with Crippen LogP contribution >= 0.6 is 0 Å². The summed E-state index contributed by atoms with van der Waals surface area (Å²) in [5.74, 6) is -1.84. The molecule has 0 aliphatic rings. The molecule has 1 atom stereocenters. The van der Waals surface area contributed by atoms with Crippen molar-refractivity contribution < 1.29 is 39.4 Å². The Labute approximate surface area is 183 Å². The van der Waals surface area contributed by atoms with Gasteiger partial charge in [-0.15, -0.1) is 6.42 Å². The fraction of sp³-hybridized carbons (Fsp3) is 0.368. The van der Waals surface area contributed by atoms with Crippen molar-refractivity contribution in [3.8, 4) is 12.3 Å². The van der Waals surface area contributed by atoms with Gasteiger partial charge in [0.25, 0.3) is 5.91 Å². The predicted octanol–water partition coefficient (Wildman–Crippen LogP) is -1.31. The van der Waals surface area contributed by atoms with Crippen molar-refractivity contribution in [3.05, 3.63) is 24.0 Å². The van der Waals surface area contributed by atoms with Gasteiger partial charge in [0.2, 0.25) is 11.8 Å². The lowest BCUT2D eigenvalue weighted by Gasteiger charge is -2.19. The smallest absolute Gasteiger partial charge is 0.322 e. The molecular formula is C19H25N5O8. The molecule has 0 fully saturated rings. The van der Waals surface area contributed by atoms with E-state index in [1.807, 2.05) is 0 Å². The third-order valence-electron chi connectivity index (χ3n) is 3.58. The molecule has 13 nitrogen and oxygen atoms in total. The lowest BCUT2D eigenvalue weighted by Crippen LogP contribution is -2.48. The number of hydroxylamine groups is 1. The predicted molar refractivity (Wildman–Crippen MR) is 110 cm³/mol. The number of carbonyl (C=O) groups excluding carboxylic acids is 3. The maximum atomic E-state index is 12.1. The van der Waals surface area contributed by atoms with E-state index in [1.165, 1.54) is 18.3 Å². The van der Waals surface area contributed by atoms with E-state index < -0.39 is 42.2 Å². The van der Waals surface area contributed by atoms with Crippen LogP contribution in [0.2, 0.25) is 0 Å². The average Bonchev–Trinajstić information content (AvgIpc) is 2.79. The maximum Gasteiger partial charge on any atom is 0.322 e. The summed E-state index contributed by atoms with van der Waals surface area (Å²) >= 11 is 0. The highest BCUT2D eigenvalue weighted by Crippen LogP contribution is 2.13. The van der Waals surface area contributed by atoms with E-state index in [0.717, 1.165) is 0 Å². The Kier molecular flexibility index (Phi) is 13.0. The lowest BCUT2D eigenvalue weighted by atomic mass is 10.1. The number of hydrogen-bond donors (Lipinski definition) is 6. The van der Waals surface area contributed by atoms with Crippen molar-refractivity contribution in [2.75, 3.05) is 18.2 Å². The molecule has 1 heterocycles. The van der Waals surface area contributed by atoms with Gasteiger partial charge < -0.3 is 26.6 Å². The normalized spacial score (nSPS) is 10.4. The Morgan fingerprint density at radius 1 is 1.22 bits per heavy atom. The molecular weight excluding hydrogens is 426 g/mol. The number of carboxylic acid groups (broad SMARTS) is 2. The SMILES string of the molecule is C#Cc1ccc(N(O)C(=O)CCC(NC(=O)CC)C(=O)NCC(=O)O)cn1.NCC(=O)O. The molecule has 0 saturated heterocycles. The molecule has 174 valence electrons. The van der Waals surface area contributed by atoms with Crippen molar-refractivity contribution in [1.82, 2.24) is 15.6 Å². The first-order chi connectivity index (χ1) is 15.0. The van der Waals surface area contributed by atoms with E-state index >= 15 is 0 Å². The number of aliphatic carboxylic acids is 2. The molecule has 0 bridgehead atoms. The summed E-state index contributed by atoms with van der Waals surface area (Å²) in [5.41, 5.74) is 4.99. The summed E-state index contributed by atoms with van der Waals surface area (Å²) in [6, 6.07) is 1.72. The summed E-state index contributed by atoms with van der Waals surface area (Å²) in [7, 11) is 0. The number of terminal acetylenes is 1. The van der Waals surface area contributed by atoms with Gasteiger partial charge in [0.1, 0.15) is 18.3 Å². The molecule has 1 aromatic heterocycles. The van der Waals surface area contributed by atoms with Crippen LogP contribution in [0.15, 0.2) is 18.3 Å². The van der Waals surface area contributed by atoms with Gasteiger partial charge in [-0.3, -0.25) is 29.2 Å². The highest BCUT2D eigenvalue weighted by atomic mass is 16.5. The van der Waals surface area contributed by atoms with E-state index in [-0.39, 0.29) is 31.5 Å². The monoisotopic (exact) mass is 451 g/mol. The Morgan fingerprint density at radius 2 is 1.84 bits per heavy atom. The van der Waals surface area contributed by atoms with Crippen LogP contribution in [0.4, 0.5) is 5.69 Å². The first kappa shape index (κ1) is 28.0. The largest absolute Gasteiger partial charge is 0.480 e. The summed E-state index contributed by atoms with van der Waals surface area (Å²) < 4.78 is 0. The third kappa shape index (κ3) is 11.2. The van der Waals surface area contributed by atoms with E-state index in [1.54, 1.807) is 6.92 Å². The second-order valence-electron chi connectivity index (χ2n) is 5.97. The first-order valence-corrected chi connectivity index (χ1v) is 9.20. The van der Waals surface area contributed by atoms with Crippen LogP contribution in [0.25, 0.3) is 0 Å². The number of nitrogens with two attached hydrogens (primary N) is 1. The molecule has 0 aliphatic heterocycles. The second kappa shape index (κ2) is 14.9. The maximum absolute atomic E-state index is 12.1. The van der Waals surface area contributed by atoms with E-state index in [2.05, 4.69) is 27.3 Å². The highest BCUT2D eigenvalue weighted by molar-refractivity contribution is 5.93. The highest BCUT2D eigenvalue weighted by Gasteiger charge is 2.23. The Hall–Kier alpha value is -4.02. The van der Waals surface area contributed by atoms with Crippen molar-refractivity contribution in [3.63, 3.8) is 0 Å². The molecule has 0 saturated carbocycles. The van der Waals surface area contributed by atoms with Crippen LogP contribution < -0.4 is 21.4 Å². The molecule has 13 heteroatoms. The van der Waals surface area contributed by atoms with Crippen molar-refractivity contribution in [2.45, 2.75) is 32.2 Å². The Balaban J connectivity index is 0.00000172. The minimum absolute atomic E-state index is 0.0865. The van der Waals surface area contributed by atoms with Crippen molar-refractivity contribution in [1.29, 1.82) is 0 Å². The molecule has 7 N–H and O–H groups in total. The number of nitrogens with one attached hydrogen (secondary N) is 2. The number of amides is 3. The standard InChI is InChI=1S/C17H20N4O6.C2H5NO2/c1-3-11-5-6-12(9-18-11)21(27)15(23)8-7-13(20-14(22)4-2)17(26)19-10-16(24)25;3-1-2(4)5/h1,5-6,9,13,27H,4,7-8,10H2,2H3,(H,19,26)(H,20,22)(H,24,25);1,3H2,(H,4,5). The topological polar surface area (TPSA) is 212 Å². The van der Waals surface area contributed by atoms with Gasteiger partial charge in [-0.1, -0.05) is 12.8 Å². The first-order valence-electron chi connectivity index (χ1n) is 9.20. The minimum atomic E-state index is -1.25. The molecule has 1 unspecified atom stereocenters. The number of hydrogen-bond acceptors (Lipinski definition) is 8. The summed E-state index contributed by atoms with van der Waals surface area (Å²) in [6.07, 6.45) is 6.07. The zero-order chi connectivity index (χ0) is 24.7. The number of anilines is 1. The van der Waals surface area contributed by atoms with Crippen LogP contribution in [-0.4, -0.2) is 69.2 Å². The summed E-state index contributed by atoms with van der Waals surface area (Å²) in [5, 5.41) is 31.1. The van der Waals surface area contributed by atoms with E-state index in [4.69, 9.17) is 16.6 Å². The quantitative estimate of drug-likeness (QED) is 0.140. The number of rotatable bonds is 10. The fourth-order valence-corrected chi connectivity index (χ4v) is 1.97. The lowest BCUT2D eigenvalue weighted by molar-refractivity contribution is -0.138. The Bertz CT molecular complexity index is 850. The van der Waals surface area contributed by atoms with Gasteiger partial charge in [-0.25, -0.2) is 4.98 Å². The number of pyridine rings is 1. The number of carbonyl (C=O) groups is 5. The zero-order valence-corrected chi connectivity index (χ0v) is 17.3. The van der Waals surface area contributed by atoms with Gasteiger partial charge in [0.05, 0.1) is 18.4 Å². The van der Waals surface area contributed by atoms with Gasteiger partial charge in [0.15, 0.2) is 0 Å². The number of nitrogens with zero attached hydrogens (tertiary/aromatic N) is 2. The molecule has 0 spiro atoms. The molecule has 1 rings (SSSR count). The Morgan fingerprint density at radius 3 is 2.28 bits per heavy atom. The average molecular weight is 451 g/mol. The molecule has 3 amide bonds. The van der Waals surface area contributed by atoms with Crippen LogP contribution in [-0.2, 0) is 24.0 Å². The van der Waals surface area contributed by atoms with E-state index in [9.17, 15) is 29.2 Å². The summed E-state index contributed by atoms with van der Waals surface area (Å²) in [4.78, 5) is 59.3. The van der Waals surface area contributed by atoms with Gasteiger partial charge >= 0.3 is 11.9 Å². The molecule has 1 aromatic rings. The van der Waals surface area contributed by atoms with Crippen LogP contribution in [0, 0.1) is 12.3 Å². The van der Waals surface area contributed by atoms with Crippen LogP contribution in [0.5, 0.6) is 0 Å². The van der Waals surface area contributed by atoms with Crippen molar-refractivity contribution in [2.24, 2.45) is 5.73 Å². The van der Waals surface area contributed by atoms with Gasteiger partial charge in [0, 0.05) is 12.8 Å². The molecule has 32 heavy (non-hydrogen) atoms. The summed E-state index contributed by atoms with van der Waals surface area (Å²) in [6.45, 7) is 0.680.